The van der Waals surface area contributed by atoms with Crippen molar-refractivity contribution in [3.63, 3.8) is 0 Å². The second kappa shape index (κ2) is 6.60. The van der Waals surface area contributed by atoms with Crippen molar-refractivity contribution in [3.8, 4) is 5.75 Å². The molecule has 128 valence electrons. The Morgan fingerprint density at radius 1 is 1.46 bits per heavy atom. The zero-order chi connectivity index (χ0) is 17.2. The number of methoxy groups -OCH3 is 1. The van der Waals surface area contributed by atoms with Crippen LogP contribution in [-0.2, 0) is 11.8 Å². The van der Waals surface area contributed by atoms with Crippen molar-refractivity contribution in [1.29, 1.82) is 0 Å². The van der Waals surface area contributed by atoms with Crippen LogP contribution in [0.5, 0.6) is 5.75 Å². The highest BCUT2D eigenvalue weighted by Crippen LogP contribution is 2.27. The number of carbonyl (C=O) groups excluding carboxylic acids is 1. The highest BCUT2D eigenvalue weighted by molar-refractivity contribution is 5.94. The zero-order valence-corrected chi connectivity index (χ0v) is 13.7. The predicted octanol–water partition coefficient (Wildman–Crippen LogP) is 1.87. The van der Waals surface area contributed by atoms with Gasteiger partial charge in [-0.05, 0) is 18.6 Å². The summed E-state index contributed by atoms with van der Waals surface area (Å²) in [5.41, 5.74) is -0.0417. The molecular weight excluding hydrogens is 313 g/mol. The van der Waals surface area contributed by atoms with Gasteiger partial charge in [0, 0.05) is 33.0 Å². The second-order valence-corrected chi connectivity index (χ2v) is 6.01. The highest BCUT2D eigenvalue weighted by Gasteiger charge is 2.41. The summed E-state index contributed by atoms with van der Waals surface area (Å²) < 4.78 is 26.2. The van der Waals surface area contributed by atoms with E-state index in [0.29, 0.717) is 30.8 Å². The average molecular weight is 333 g/mol. The smallest absolute Gasteiger partial charge is 0.257 e. The number of ether oxygens (including phenoxy) is 2. The Morgan fingerprint density at radius 2 is 2.29 bits per heavy atom. The van der Waals surface area contributed by atoms with Crippen LogP contribution in [0.3, 0.4) is 0 Å². The van der Waals surface area contributed by atoms with Gasteiger partial charge < -0.3 is 14.4 Å². The van der Waals surface area contributed by atoms with Crippen LogP contribution in [0.25, 0.3) is 0 Å². The first-order valence-corrected chi connectivity index (χ1v) is 7.73. The number of carbonyl (C=O) groups is 1. The lowest BCUT2D eigenvalue weighted by Crippen LogP contribution is -2.42. The molecule has 0 N–H and O–H groups in total. The van der Waals surface area contributed by atoms with Gasteiger partial charge >= 0.3 is 0 Å². The van der Waals surface area contributed by atoms with Gasteiger partial charge in [-0.15, -0.1) is 0 Å². The highest BCUT2D eigenvalue weighted by atomic mass is 19.1. The number of benzene rings is 1. The van der Waals surface area contributed by atoms with Crippen LogP contribution in [0.15, 0.2) is 36.7 Å². The van der Waals surface area contributed by atoms with E-state index in [0.717, 1.165) is 0 Å². The lowest BCUT2D eigenvalue weighted by molar-refractivity contribution is -0.0343. The Bertz CT molecular complexity index is 733. The van der Waals surface area contributed by atoms with Gasteiger partial charge in [-0.1, -0.05) is 6.07 Å². The van der Waals surface area contributed by atoms with Crippen LogP contribution < -0.4 is 4.74 Å². The van der Waals surface area contributed by atoms with E-state index >= 15 is 0 Å². The number of rotatable bonds is 5. The largest absolute Gasteiger partial charge is 0.490 e. The summed E-state index contributed by atoms with van der Waals surface area (Å²) in [6.07, 6.45) is 3.90. The third kappa shape index (κ3) is 3.41. The van der Waals surface area contributed by atoms with Gasteiger partial charge in [0.05, 0.1) is 18.3 Å². The van der Waals surface area contributed by atoms with Crippen LogP contribution in [0.2, 0.25) is 0 Å². The van der Waals surface area contributed by atoms with Crippen molar-refractivity contribution >= 4 is 5.91 Å². The second-order valence-electron chi connectivity index (χ2n) is 6.01. The number of aryl methyl sites for hydroxylation is 1. The first-order chi connectivity index (χ1) is 11.5. The molecule has 2 aromatic rings. The van der Waals surface area contributed by atoms with E-state index in [4.69, 9.17) is 9.47 Å². The van der Waals surface area contributed by atoms with E-state index in [9.17, 15) is 9.18 Å². The summed E-state index contributed by atoms with van der Waals surface area (Å²) in [7, 11) is 3.38. The molecule has 1 atom stereocenters. The maximum absolute atomic E-state index is 13.2. The molecule has 0 radical (unpaired) electrons. The Kier molecular flexibility index (Phi) is 4.53. The molecule has 1 aliphatic heterocycles. The standard InChI is InChI=1S/C17H20FN3O3/c1-20-10-13(9-19-20)16(22)21-7-6-17(11-21,23-2)12-24-15-5-3-4-14(18)8-15/h3-5,8-10H,6-7,11-12H2,1-2H3/t17-/m1/s1. The zero-order valence-electron chi connectivity index (χ0n) is 13.7. The Labute approximate surface area is 139 Å². The quantitative estimate of drug-likeness (QED) is 0.838. The lowest BCUT2D eigenvalue weighted by Gasteiger charge is -2.27. The molecule has 0 bridgehead atoms. The maximum Gasteiger partial charge on any atom is 0.257 e. The van der Waals surface area contributed by atoms with Gasteiger partial charge in [0.15, 0.2) is 0 Å². The summed E-state index contributed by atoms with van der Waals surface area (Å²) in [4.78, 5) is 14.2. The minimum atomic E-state index is -0.593. The van der Waals surface area contributed by atoms with Crippen molar-refractivity contribution in [2.45, 2.75) is 12.0 Å². The average Bonchev–Trinajstić information content (AvgIpc) is 3.20. The third-order valence-electron chi connectivity index (χ3n) is 4.29. The topological polar surface area (TPSA) is 56.6 Å². The number of amides is 1. The lowest BCUT2D eigenvalue weighted by atomic mass is 10.0. The number of hydrogen-bond donors (Lipinski definition) is 0. The SMILES string of the molecule is CO[C@]1(COc2cccc(F)c2)CCN(C(=O)c2cnn(C)c2)C1. The molecule has 1 saturated heterocycles. The van der Waals surface area contributed by atoms with E-state index in [-0.39, 0.29) is 18.3 Å². The van der Waals surface area contributed by atoms with Crippen molar-refractivity contribution in [3.05, 3.63) is 48.0 Å². The molecule has 1 amide bonds. The van der Waals surface area contributed by atoms with E-state index in [2.05, 4.69) is 5.10 Å². The summed E-state index contributed by atoms with van der Waals surface area (Å²) in [6.45, 7) is 1.25. The van der Waals surface area contributed by atoms with E-state index in [1.165, 1.54) is 12.1 Å². The van der Waals surface area contributed by atoms with E-state index in [1.54, 1.807) is 48.3 Å². The monoisotopic (exact) mass is 333 g/mol. The molecule has 0 aliphatic carbocycles. The van der Waals surface area contributed by atoms with Crippen molar-refractivity contribution in [1.82, 2.24) is 14.7 Å². The molecule has 1 aromatic carbocycles. The van der Waals surface area contributed by atoms with Crippen molar-refractivity contribution < 1.29 is 18.7 Å². The summed E-state index contributed by atoms with van der Waals surface area (Å²) >= 11 is 0. The molecule has 0 unspecified atom stereocenters. The maximum atomic E-state index is 13.2. The van der Waals surface area contributed by atoms with E-state index in [1.807, 2.05) is 0 Å². The fraction of sp³-hybridized carbons (Fsp3) is 0.412. The van der Waals surface area contributed by atoms with Crippen molar-refractivity contribution in [2.75, 3.05) is 26.8 Å². The third-order valence-corrected chi connectivity index (χ3v) is 4.29. The molecule has 3 rings (SSSR count). The van der Waals surface area contributed by atoms with Gasteiger partial charge in [-0.25, -0.2) is 4.39 Å². The molecule has 0 saturated carbocycles. The summed E-state index contributed by atoms with van der Waals surface area (Å²) in [5, 5.41) is 4.03. The first-order valence-electron chi connectivity index (χ1n) is 7.73. The van der Waals surface area contributed by atoms with Crippen LogP contribution >= 0.6 is 0 Å². The van der Waals surface area contributed by atoms with Gasteiger partial charge in [0.25, 0.3) is 5.91 Å². The van der Waals surface area contributed by atoms with Gasteiger partial charge in [-0.2, -0.15) is 5.10 Å². The summed E-state index contributed by atoms with van der Waals surface area (Å²) in [5.74, 6) is 0.0232. The number of hydrogen-bond acceptors (Lipinski definition) is 4. The number of nitrogens with zero attached hydrogens (tertiary/aromatic N) is 3. The van der Waals surface area contributed by atoms with Crippen LogP contribution in [0, 0.1) is 5.82 Å². The molecule has 1 aliphatic rings. The van der Waals surface area contributed by atoms with E-state index < -0.39 is 5.60 Å². The number of aromatic nitrogens is 2. The Balaban J connectivity index is 1.65. The first kappa shape index (κ1) is 16.4. The number of likely N-dealkylation sites (tertiary alicyclic amines) is 1. The molecule has 24 heavy (non-hydrogen) atoms. The predicted molar refractivity (Wildman–Crippen MR) is 85.4 cm³/mol. The minimum absolute atomic E-state index is 0.0761. The van der Waals surface area contributed by atoms with Crippen molar-refractivity contribution in [2.24, 2.45) is 7.05 Å². The summed E-state index contributed by atoms with van der Waals surface area (Å²) in [6, 6.07) is 5.98. The van der Waals surface area contributed by atoms with Gasteiger partial charge in [0.1, 0.15) is 23.8 Å². The molecule has 1 aromatic heterocycles. The molecule has 0 spiro atoms. The Morgan fingerprint density at radius 3 is 2.96 bits per heavy atom. The van der Waals surface area contributed by atoms with Crippen LogP contribution in [0.1, 0.15) is 16.8 Å². The van der Waals surface area contributed by atoms with Crippen LogP contribution in [0.4, 0.5) is 4.39 Å². The van der Waals surface area contributed by atoms with Gasteiger partial charge in [-0.3, -0.25) is 9.48 Å². The Hall–Kier alpha value is -2.41. The molecule has 6 nitrogen and oxygen atoms in total. The van der Waals surface area contributed by atoms with Gasteiger partial charge in [0.2, 0.25) is 0 Å². The molecule has 1 fully saturated rings. The molecular formula is C17H20FN3O3. The number of halogens is 1. The minimum Gasteiger partial charge on any atom is -0.490 e. The molecule has 2 heterocycles. The van der Waals surface area contributed by atoms with Crippen LogP contribution in [-0.4, -0.2) is 53.0 Å². The fourth-order valence-electron chi connectivity index (χ4n) is 2.85. The molecule has 7 heteroatoms. The normalized spacial score (nSPS) is 20.4. The fourth-order valence-corrected chi connectivity index (χ4v) is 2.85.